The van der Waals surface area contributed by atoms with Crippen molar-refractivity contribution in [3.63, 3.8) is 0 Å². The molecule has 0 aliphatic carbocycles. The lowest BCUT2D eigenvalue weighted by Crippen LogP contribution is -2.35. The number of halogens is 4. The number of carbonyl (C=O) groups is 1. The Kier molecular flexibility index (Phi) is 4.89. The van der Waals surface area contributed by atoms with Crippen molar-refractivity contribution in [1.82, 2.24) is 9.78 Å². The summed E-state index contributed by atoms with van der Waals surface area (Å²) in [5.74, 6) is 0.445. The van der Waals surface area contributed by atoms with Crippen LogP contribution in [-0.4, -0.2) is 28.7 Å². The predicted octanol–water partition coefficient (Wildman–Crippen LogP) is 5.18. The van der Waals surface area contributed by atoms with E-state index in [1.165, 1.54) is 6.07 Å². The molecule has 2 aliphatic rings. The van der Waals surface area contributed by atoms with E-state index in [0.29, 0.717) is 27.8 Å². The van der Waals surface area contributed by atoms with Crippen LogP contribution in [0.1, 0.15) is 34.6 Å². The third-order valence-corrected chi connectivity index (χ3v) is 5.67. The molecule has 166 valence electrons. The van der Waals surface area contributed by atoms with Crippen molar-refractivity contribution in [3.8, 4) is 11.5 Å². The Morgan fingerprint density at radius 1 is 1.16 bits per heavy atom. The van der Waals surface area contributed by atoms with Crippen molar-refractivity contribution in [1.29, 1.82) is 0 Å². The number of hydrogen-bond acceptors (Lipinski definition) is 5. The molecule has 2 atom stereocenters. The number of nitrogens with zero attached hydrogens (tertiary/aromatic N) is 2. The number of benzene rings is 2. The predicted molar refractivity (Wildman–Crippen MR) is 110 cm³/mol. The van der Waals surface area contributed by atoms with E-state index in [1.807, 2.05) is 0 Å². The zero-order chi connectivity index (χ0) is 22.5. The van der Waals surface area contributed by atoms with E-state index >= 15 is 0 Å². The quantitative estimate of drug-likeness (QED) is 0.558. The van der Waals surface area contributed by atoms with Crippen LogP contribution >= 0.6 is 11.6 Å². The summed E-state index contributed by atoms with van der Waals surface area (Å²) in [4.78, 5) is 12.6. The Balaban J connectivity index is 1.46. The number of hydrogen-bond donors (Lipinski definition) is 2. The third kappa shape index (κ3) is 3.70. The SMILES string of the molecule is O=C(Nc1ccccc1Cl)c1cc2n(n1)[C@H](C(F)(F)F)C[C@@H](c1ccc3c(c1)OCO3)N2. The average Bonchev–Trinajstić information content (AvgIpc) is 3.40. The van der Waals surface area contributed by atoms with Gasteiger partial charge in [-0.3, -0.25) is 4.79 Å². The summed E-state index contributed by atoms with van der Waals surface area (Å²) in [6, 6.07) is 10.3. The highest BCUT2D eigenvalue weighted by Gasteiger charge is 2.47. The molecule has 0 saturated heterocycles. The largest absolute Gasteiger partial charge is 0.454 e. The molecule has 1 aromatic heterocycles. The van der Waals surface area contributed by atoms with Gasteiger partial charge in [0.15, 0.2) is 23.2 Å². The van der Waals surface area contributed by atoms with Crippen molar-refractivity contribution in [2.45, 2.75) is 24.7 Å². The van der Waals surface area contributed by atoms with Gasteiger partial charge in [-0.25, -0.2) is 4.68 Å². The van der Waals surface area contributed by atoms with Gasteiger partial charge in [-0.2, -0.15) is 18.3 Å². The van der Waals surface area contributed by atoms with E-state index in [4.69, 9.17) is 21.1 Å². The molecule has 11 heteroatoms. The minimum absolute atomic E-state index is 0.0682. The lowest BCUT2D eigenvalue weighted by Gasteiger charge is -2.33. The van der Waals surface area contributed by atoms with Crippen molar-refractivity contribution in [2.24, 2.45) is 0 Å². The first-order chi connectivity index (χ1) is 15.3. The van der Waals surface area contributed by atoms with Crippen LogP contribution in [0, 0.1) is 0 Å². The van der Waals surface area contributed by atoms with E-state index in [-0.39, 0.29) is 24.7 Å². The Labute approximate surface area is 185 Å². The maximum Gasteiger partial charge on any atom is 0.410 e. The zero-order valence-electron chi connectivity index (χ0n) is 16.3. The van der Waals surface area contributed by atoms with Crippen LogP contribution in [0.25, 0.3) is 0 Å². The first kappa shape index (κ1) is 20.5. The van der Waals surface area contributed by atoms with Gasteiger partial charge in [0, 0.05) is 12.5 Å². The molecule has 2 aromatic carbocycles. The highest BCUT2D eigenvalue weighted by molar-refractivity contribution is 6.33. The van der Waals surface area contributed by atoms with Crippen molar-refractivity contribution >= 4 is 29.0 Å². The van der Waals surface area contributed by atoms with Gasteiger partial charge < -0.3 is 20.1 Å². The number of ether oxygens (including phenoxy) is 2. The number of carbonyl (C=O) groups excluding carboxylic acids is 1. The topological polar surface area (TPSA) is 77.4 Å². The number of nitrogens with one attached hydrogen (secondary N) is 2. The Morgan fingerprint density at radius 3 is 2.72 bits per heavy atom. The maximum absolute atomic E-state index is 13.9. The van der Waals surface area contributed by atoms with Gasteiger partial charge in [0.1, 0.15) is 5.82 Å². The van der Waals surface area contributed by atoms with Gasteiger partial charge in [-0.1, -0.05) is 29.8 Å². The Morgan fingerprint density at radius 2 is 1.94 bits per heavy atom. The third-order valence-electron chi connectivity index (χ3n) is 5.34. The second-order valence-corrected chi connectivity index (χ2v) is 7.80. The molecule has 0 fully saturated rings. The molecule has 0 unspecified atom stereocenters. The van der Waals surface area contributed by atoms with Crippen LogP contribution in [0.3, 0.4) is 0 Å². The van der Waals surface area contributed by atoms with E-state index in [9.17, 15) is 18.0 Å². The second-order valence-electron chi connectivity index (χ2n) is 7.40. The summed E-state index contributed by atoms with van der Waals surface area (Å²) in [7, 11) is 0. The average molecular weight is 465 g/mol. The summed E-state index contributed by atoms with van der Waals surface area (Å²) in [5, 5.41) is 9.88. The van der Waals surface area contributed by atoms with Crippen molar-refractivity contribution in [2.75, 3.05) is 17.4 Å². The molecule has 1 amide bonds. The number of rotatable bonds is 3. The Bertz CT molecular complexity index is 1200. The highest BCUT2D eigenvalue weighted by atomic mass is 35.5. The van der Waals surface area contributed by atoms with Gasteiger partial charge in [0.2, 0.25) is 6.79 Å². The van der Waals surface area contributed by atoms with Crippen LogP contribution in [0.2, 0.25) is 5.02 Å². The molecular weight excluding hydrogens is 449 g/mol. The number of anilines is 2. The second kappa shape index (κ2) is 7.63. The fraction of sp³-hybridized carbons (Fsp3) is 0.238. The number of fused-ring (bicyclic) bond motifs is 2. The first-order valence-electron chi connectivity index (χ1n) is 9.68. The van der Waals surface area contributed by atoms with E-state index in [2.05, 4.69) is 15.7 Å². The minimum Gasteiger partial charge on any atom is -0.454 e. The molecule has 2 aliphatic heterocycles. The molecule has 2 N–H and O–H groups in total. The lowest BCUT2D eigenvalue weighted by molar-refractivity contribution is -0.173. The zero-order valence-corrected chi connectivity index (χ0v) is 17.1. The summed E-state index contributed by atoms with van der Waals surface area (Å²) < 4.78 is 53.1. The smallest absolute Gasteiger partial charge is 0.410 e. The Hall–Kier alpha value is -3.40. The number of aromatic nitrogens is 2. The molecule has 7 nitrogen and oxygen atoms in total. The molecule has 0 radical (unpaired) electrons. The molecule has 3 aromatic rings. The van der Waals surface area contributed by atoms with Gasteiger partial charge >= 0.3 is 6.18 Å². The van der Waals surface area contributed by atoms with E-state index < -0.39 is 24.2 Å². The molecule has 32 heavy (non-hydrogen) atoms. The normalized spacial score (nSPS) is 19.2. The van der Waals surface area contributed by atoms with Crippen molar-refractivity contribution < 1.29 is 27.4 Å². The molecule has 0 bridgehead atoms. The first-order valence-corrected chi connectivity index (χ1v) is 10.1. The molecule has 5 rings (SSSR count). The van der Waals surface area contributed by atoms with Crippen LogP contribution in [0.5, 0.6) is 11.5 Å². The van der Waals surface area contributed by atoms with Crippen LogP contribution in [-0.2, 0) is 0 Å². The number of para-hydroxylation sites is 1. The number of amides is 1. The van der Waals surface area contributed by atoms with Crippen LogP contribution in [0.4, 0.5) is 24.7 Å². The fourth-order valence-corrected chi connectivity index (χ4v) is 3.96. The van der Waals surface area contributed by atoms with E-state index in [0.717, 1.165) is 4.68 Å². The van der Waals surface area contributed by atoms with Crippen LogP contribution < -0.4 is 20.1 Å². The standard InChI is InChI=1S/C21H16ClF3N4O3/c22-12-3-1-2-4-13(12)27-20(30)15-9-19-26-14(8-18(21(23,24)25)29(19)28-15)11-5-6-16-17(7-11)32-10-31-16/h1-7,9,14,18,26H,8,10H2,(H,27,30)/t14-,18-/m0/s1. The summed E-state index contributed by atoms with van der Waals surface area (Å²) >= 11 is 6.05. The van der Waals surface area contributed by atoms with Gasteiger partial charge in [-0.05, 0) is 29.8 Å². The van der Waals surface area contributed by atoms with Crippen LogP contribution in [0.15, 0.2) is 48.5 Å². The summed E-state index contributed by atoms with van der Waals surface area (Å²) in [5.41, 5.74) is 0.787. The van der Waals surface area contributed by atoms with E-state index in [1.54, 1.807) is 42.5 Å². The molecule has 0 saturated carbocycles. The van der Waals surface area contributed by atoms with Crippen molar-refractivity contribution in [3.05, 3.63) is 64.8 Å². The number of alkyl halides is 3. The molecule has 3 heterocycles. The minimum atomic E-state index is -4.56. The highest BCUT2D eigenvalue weighted by Crippen LogP contribution is 2.45. The lowest BCUT2D eigenvalue weighted by atomic mass is 9.96. The summed E-state index contributed by atoms with van der Waals surface area (Å²) in [6.07, 6.45) is -4.86. The summed E-state index contributed by atoms with van der Waals surface area (Å²) in [6.45, 7) is 0.0682. The van der Waals surface area contributed by atoms with Gasteiger partial charge in [0.25, 0.3) is 5.91 Å². The van der Waals surface area contributed by atoms with Gasteiger partial charge in [0.05, 0.1) is 16.8 Å². The van der Waals surface area contributed by atoms with Gasteiger partial charge in [-0.15, -0.1) is 0 Å². The maximum atomic E-state index is 13.9. The molecule has 0 spiro atoms. The molecular formula is C21H16ClF3N4O3. The monoisotopic (exact) mass is 464 g/mol. The fourth-order valence-electron chi connectivity index (χ4n) is 3.78.